The van der Waals surface area contributed by atoms with Crippen molar-refractivity contribution in [2.24, 2.45) is 12.9 Å². The van der Waals surface area contributed by atoms with Crippen molar-refractivity contribution in [2.75, 3.05) is 0 Å². The lowest BCUT2D eigenvalue weighted by Crippen LogP contribution is -2.31. The van der Waals surface area contributed by atoms with Gasteiger partial charge in [-0.3, -0.25) is 5.84 Å². The molecule has 1 atom stereocenters. The monoisotopic (exact) mass is 210 g/mol. The summed E-state index contributed by atoms with van der Waals surface area (Å²) >= 11 is 1.29. The number of hydrogen-bond donors (Lipinski definition) is 2. The van der Waals surface area contributed by atoms with Gasteiger partial charge < -0.3 is 4.57 Å². The van der Waals surface area contributed by atoms with Crippen LogP contribution in [0.25, 0.3) is 0 Å². The Morgan fingerprint density at radius 1 is 1.64 bits per heavy atom. The van der Waals surface area contributed by atoms with Crippen LogP contribution in [0.1, 0.15) is 17.6 Å². The quantitative estimate of drug-likeness (QED) is 0.542. The van der Waals surface area contributed by atoms with Crippen LogP contribution in [0.5, 0.6) is 0 Å². The van der Waals surface area contributed by atoms with Crippen LogP contribution < -0.4 is 11.3 Å². The Morgan fingerprint density at radius 3 is 3.00 bits per heavy atom. The van der Waals surface area contributed by atoms with Gasteiger partial charge in [0, 0.05) is 24.8 Å². The van der Waals surface area contributed by atoms with Gasteiger partial charge in [-0.1, -0.05) is 4.49 Å². The van der Waals surface area contributed by atoms with Crippen molar-refractivity contribution in [1.29, 1.82) is 0 Å². The molecule has 0 amide bonds. The molecular weight excluding hydrogens is 200 g/mol. The van der Waals surface area contributed by atoms with Crippen molar-refractivity contribution in [1.82, 2.24) is 24.6 Å². The summed E-state index contributed by atoms with van der Waals surface area (Å²) in [6.07, 6.45) is 3.58. The van der Waals surface area contributed by atoms with Crippen LogP contribution in [0.15, 0.2) is 17.8 Å². The summed E-state index contributed by atoms with van der Waals surface area (Å²) in [6, 6.07) is -0.200. The maximum atomic E-state index is 5.46. The predicted molar refractivity (Wildman–Crippen MR) is 52.3 cm³/mol. The van der Waals surface area contributed by atoms with E-state index in [0.29, 0.717) is 0 Å². The number of rotatable bonds is 3. The topological polar surface area (TPSA) is 81.7 Å². The van der Waals surface area contributed by atoms with E-state index < -0.39 is 0 Å². The molecule has 0 saturated carbocycles. The summed E-state index contributed by atoms with van der Waals surface area (Å²) in [5.41, 5.74) is 3.45. The highest BCUT2D eigenvalue weighted by Crippen LogP contribution is 2.17. The molecule has 0 saturated heterocycles. The van der Waals surface area contributed by atoms with Crippen molar-refractivity contribution >= 4 is 11.5 Å². The smallest absolute Gasteiger partial charge is 0.133 e. The van der Waals surface area contributed by atoms with Crippen molar-refractivity contribution in [3.63, 3.8) is 0 Å². The minimum atomic E-state index is -0.200. The molecular formula is C7H10N6S. The number of nitrogens with two attached hydrogens (primary N) is 1. The summed E-state index contributed by atoms with van der Waals surface area (Å²) in [4.78, 5) is 4.20. The van der Waals surface area contributed by atoms with Crippen LogP contribution in [0.4, 0.5) is 0 Å². The number of aromatic nitrogens is 4. The van der Waals surface area contributed by atoms with Crippen molar-refractivity contribution in [3.8, 4) is 0 Å². The van der Waals surface area contributed by atoms with Crippen molar-refractivity contribution < 1.29 is 0 Å². The molecule has 0 aromatic carbocycles. The first-order chi connectivity index (χ1) is 6.83. The highest BCUT2D eigenvalue weighted by atomic mass is 32.1. The molecule has 0 radical (unpaired) electrons. The van der Waals surface area contributed by atoms with Gasteiger partial charge in [0.1, 0.15) is 17.6 Å². The van der Waals surface area contributed by atoms with Gasteiger partial charge in [0.15, 0.2) is 0 Å². The first-order valence-corrected chi connectivity index (χ1v) is 4.87. The summed E-state index contributed by atoms with van der Waals surface area (Å²) in [5.74, 6) is 6.28. The van der Waals surface area contributed by atoms with Crippen LogP contribution >= 0.6 is 11.5 Å². The predicted octanol–water partition coefficient (Wildman–Crippen LogP) is -0.176. The maximum Gasteiger partial charge on any atom is 0.133 e. The lowest BCUT2D eigenvalue weighted by Gasteiger charge is -2.12. The molecule has 7 heteroatoms. The van der Waals surface area contributed by atoms with Crippen LogP contribution in [-0.4, -0.2) is 19.1 Å². The zero-order valence-electron chi connectivity index (χ0n) is 7.58. The van der Waals surface area contributed by atoms with E-state index in [1.54, 1.807) is 6.20 Å². The van der Waals surface area contributed by atoms with Gasteiger partial charge in [0.2, 0.25) is 0 Å². The van der Waals surface area contributed by atoms with E-state index in [1.165, 1.54) is 11.5 Å². The van der Waals surface area contributed by atoms with Gasteiger partial charge in [-0.15, -0.1) is 5.10 Å². The van der Waals surface area contributed by atoms with Crippen molar-refractivity contribution in [3.05, 3.63) is 29.3 Å². The Balaban J connectivity index is 2.36. The molecule has 0 aliphatic rings. The number of hydrogen-bond acceptors (Lipinski definition) is 6. The van der Waals surface area contributed by atoms with E-state index >= 15 is 0 Å². The summed E-state index contributed by atoms with van der Waals surface area (Å²) in [5, 5.41) is 5.80. The van der Waals surface area contributed by atoms with E-state index in [0.717, 1.165) is 11.5 Å². The SMILES string of the molecule is Cn1ccnc1C(NN)c1csnn1. The van der Waals surface area contributed by atoms with E-state index in [4.69, 9.17) is 5.84 Å². The Hall–Kier alpha value is -1.31. The minimum Gasteiger partial charge on any atom is -0.336 e. The molecule has 2 aromatic rings. The second-order valence-electron chi connectivity index (χ2n) is 2.83. The third-order valence-corrected chi connectivity index (χ3v) is 2.48. The second kappa shape index (κ2) is 3.82. The first kappa shape index (κ1) is 9.25. The number of aryl methyl sites for hydroxylation is 1. The zero-order valence-corrected chi connectivity index (χ0v) is 8.40. The highest BCUT2D eigenvalue weighted by molar-refractivity contribution is 7.03. The maximum absolute atomic E-state index is 5.46. The molecule has 2 aromatic heterocycles. The Labute approximate surface area is 84.9 Å². The Bertz CT molecular complexity index is 394. The lowest BCUT2D eigenvalue weighted by molar-refractivity contribution is 0.566. The molecule has 1 unspecified atom stereocenters. The molecule has 3 N–H and O–H groups in total. The Kier molecular flexibility index (Phi) is 2.53. The Morgan fingerprint density at radius 2 is 2.50 bits per heavy atom. The molecule has 74 valence electrons. The number of hydrazine groups is 1. The van der Waals surface area contributed by atoms with Crippen molar-refractivity contribution in [2.45, 2.75) is 6.04 Å². The molecule has 14 heavy (non-hydrogen) atoms. The van der Waals surface area contributed by atoms with E-state index in [9.17, 15) is 0 Å². The number of nitrogens with zero attached hydrogens (tertiary/aromatic N) is 4. The van der Waals surface area contributed by atoms with Gasteiger partial charge in [-0.05, 0) is 11.5 Å². The fourth-order valence-electron chi connectivity index (χ4n) is 1.25. The van der Waals surface area contributed by atoms with Gasteiger partial charge in [-0.2, -0.15) is 0 Å². The average molecular weight is 210 g/mol. The van der Waals surface area contributed by atoms with Gasteiger partial charge in [0.25, 0.3) is 0 Å². The minimum absolute atomic E-state index is 0.200. The normalized spacial score (nSPS) is 13.0. The number of nitrogens with one attached hydrogen (secondary N) is 1. The molecule has 0 spiro atoms. The lowest BCUT2D eigenvalue weighted by atomic mass is 10.2. The fourth-order valence-corrected chi connectivity index (χ4v) is 1.72. The summed E-state index contributed by atoms with van der Waals surface area (Å²) in [7, 11) is 1.91. The molecule has 2 rings (SSSR count). The average Bonchev–Trinajstić information content (AvgIpc) is 2.80. The van der Waals surface area contributed by atoms with E-state index in [1.807, 2.05) is 23.2 Å². The molecule has 0 bridgehead atoms. The van der Waals surface area contributed by atoms with Crippen LogP contribution in [0.3, 0.4) is 0 Å². The third-order valence-electron chi connectivity index (χ3n) is 1.96. The molecule has 2 heterocycles. The van der Waals surface area contributed by atoms with Crippen LogP contribution in [0.2, 0.25) is 0 Å². The summed E-state index contributed by atoms with van der Waals surface area (Å²) < 4.78 is 5.68. The first-order valence-electron chi connectivity index (χ1n) is 4.03. The summed E-state index contributed by atoms with van der Waals surface area (Å²) in [6.45, 7) is 0. The third kappa shape index (κ3) is 1.52. The number of imidazole rings is 1. The van der Waals surface area contributed by atoms with Gasteiger partial charge in [-0.25, -0.2) is 10.4 Å². The van der Waals surface area contributed by atoms with Gasteiger partial charge >= 0.3 is 0 Å². The molecule has 0 fully saturated rings. The molecule has 0 aliphatic heterocycles. The van der Waals surface area contributed by atoms with Gasteiger partial charge in [0.05, 0.1) is 0 Å². The van der Waals surface area contributed by atoms with Crippen LogP contribution in [-0.2, 0) is 7.05 Å². The van der Waals surface area contributed by atoms with E-state index in [2.05, 4.69) is 20.0 Å². The van der Waals surface area contributed by atoms with E-state index in [-0.39, 0.29) is 6.04 Å². The van der Waals surface area contributed by atoms with Crippen LogP contribution in [0, 0.1) is 0 Å². The standard InChI is InChI=1S/C7H10N6S/c1-13-3-2-9-7(13)6(10-8)5-4-14-12-11-5/h2-4,6,10H,8H2,1H3. The largest absolute Gasteiger partial charge is 0.336 e. The zero-order chi connectivity index (χ0) is 9.97. The fraction of sp³-hybridized carbons (Fsp3) is 0.286. The highest BCUT2D eigenvalue weighted by Gasteiger charge is 2.18. The molecule has 0 aliphatic carbocycles. The molecule has 6 nitrogen and oxygen atoms in total. The second-order valence-corrected chi connectivity index (χ2v) is 3.44.